The molecule has 0 spiro atoms. The lowest BCUT2D eigenvalue weighted by Crippen LogP contribution is -2.21. The van der Waals surface area contributed by atoms with Crippen molar-refractivity contribution in [2.75, 3.05) is 33.3 Å². The number of esters is 1. The van der Waals surface area contributed by atoms with E-state index in [1.165, 1.54) is 33.5 Å². The number of benzene rings is 2. The SMILES string of the molecule is COc1ccc(Cl)cc1NC(=O)COC(=O)c1cccc(OC)c1OC. The van der Waals surface area contributed by atoms with Gasteiger partial charge in [0.15, 0.2) is 18.1 Å². The zero-order valence-electron chi connectivity index (χ0n) is 14.5. The molecule has 0 fully saturated rings. The maximum Gasteiger partial charge on any atom is 0.342 e. The Balaban J connectivity index is 2.04. The Morgan fingerprint density at radius 2 is 1.73 bits per heavy atom. The van der Waals surface area contributed by atoms with Gasteiger partial charge in [0.25, 0.3) is 5.91 Å². The summed E-state index contributed by atoms with van der Waals surface area (Å²) in [5.41, 5.74) is 0.528. The molecule has 0 atom stereocenters. The van der Waals surface area contributed by atoms with Crippen molar-refractivity contribution in [3.63, 3.8) is 0 Å². The normalized spacial score (nSPS) is 10.0. The topological polar surface area (TPSA) is 83.1 Å². The molecule has 2 aromatic rings. The van der Waals surface area contributed by atoms with Gasteiger partial charge in [0.1, 0.15) is 11.3 Å². The largest absolute Gasteiger partial charge is 0.495 e. The maximum absolute atomic E-state index is 12.2. The first-order chi connectivity index (χ1) is 12.5. The number of rotatable bonds is 7. The fourth-order valence-corrected chi connectivity index (χ4v) is 2.39. The molecule has 8 heteroatoms. The first kappa shape index (κ1) is 19.4. The third-order valence-electron chi connectivity index (χ3n) is 3.39. The molecule has 0 aliphatic rings. The standard InChI is InChI=1S/C18H18ClNO6/c1-23-14-8-7-11(19)9-13(14)20-16(21)10-26-18(22)12-5-4-6-15(24-2)17(12)25-3/h4-9H,10H2,1-3H3,(H,20,21). The van der Waals surface area contributed by atoms with Crippen LogP contribution >= 0.6 is 11.6 Å². The van der Waals surface area contributed by atoms with Gasteiger partial charge in [-0.15, -0.1) is 0 Å². The molecule has 2 rings (SSSR count). The summed E-state index contributed by atoms with van der Waals surface area (Å²) < 4.78 is 20.5. The second-order valence-electron chi connectivity index (χ2n) is 5.01. The Bertz CT molecular complexity index is 808. The molecule has 2 aromatic carbocycles. The number of hydrogen-bond acceptors (Lipinski definition) is 6. The summed E-state index contributed by atoms with van der Waals surface area (Å²) in [5, 5.41) is 3.01. The lowest BCUT2D eigenvalue weighted by molar-refractivity contribution is -0.119. The van der Waals surface area contributed by atoms with Crippen LogP contribution in [0, 0.1) is 0 Å². The second kappa shape index (κ2) is 8.96. The van der Waals surface area contributed by atoms with Crippen molar-refractivity contribution in [3.05, 3.63) is 47.0 Å². The predicted octanol–water partition coefficient (Wildman–Crippen LogP) is 3.16. The molecule has 0 aromatic heterocycles. The van der Waals surface area contributed by atoms with Crippen LogP contribution in [-0.4, -0.2) is 39.8 Å². The van der Waals surface area contributed by atoms with Crippen molar-refractivity contribution in [1.29, 1.82) is 0 Å². The Labute approximate surface area is 155 Å². The molecule has 0 unspecified atom stereocenters. The van der Waals surface area contributed by atoms with Gasteiger partial charge in [0.2, 0.25) is 0 Å². The van der Waals surface area contributed by atoms with Gasteiger partial charge in [-0.25, -0.2) is 4.79 Å². The summed E-state index contributed by atoms with van der Waals surface area (Å²) in [6.45, 7) is -0.491. The number of para-hydroxylation sites is 1. The summed E-state index contributed by atoms with van der Waals surface area (Å²) in [4.78, 5) is 24.3. The van der Waals surface area contributed by atoms with Crippen LogP contribution in [0.5, 0.6) is 17.2 Å². The van der Waals surface area contributed by atoms with Gasteiger partial charge in [-0.1, -0.05) is 17.7 Å². The van der Waals surface area contributed by atoms with Crippen LogP contribution in [0.4, 0.5) is 5.69 Å². The van der Waals surface area contributed by atoms with E-state index in [2.05, 4.69) is 5.32 Å². The van der Waals surface area contributed by atoms with Gasteiger partial charge in [0.05, 0.1) is 27.0 Å². The summed E-state index contributed by atoms with van der Waals surface area (Å²) >= 11 is 5.91. The minimum atomic E-state index is -0.714. The maximum atomic E-state index is 12.2. The predicted molar refractivity (Wildman–Crippen MR) is 96.5 cm³/mol. The summed E-state index contributed by atoms with van der Waals surface area (Å²) in [5.74, 6) is -0.203. The number of methoxy groups -OCH3 is 3. The molecule has 0 saturated carbocycles. The van der Waals surface area contributed by atoms with Crippen molar-refractivity contribution >= 4 is 29.2 Å². The van der Waals surface area contributed by atoms with Crippen LogP contribution < -0.4 is 19.5 Å². The molecule has 0 bridgehead atoms. The summed E-state index contributed by atoms with van der Waals surface area (Å²) in [7, 11) is 4.33. The Hall–Kier alpha value is -2.93. The van der Waals surface area contributed by atoms with E-state index < -0.39 is 18.5 Å². The molecule has 0 aliphatic carbocycles. The van der Waals surface area contributed by atoms with Gasteiger partial charge >= 0.3 is 5.97 Å². The second-order valence-corrected chi connectivity index (χ2v) is 5.45. The first-order valence-corrected chi connectivity index (χ1v) is 7.89. The molecule has 0 saturated heterocycles. The van der Waals surface area contributed by atoms with Crippen LogP contribution in [0.25, 0.3) is 0 Å². The molecular weight excluding hydrogens is 362 g/mol. The number of anilines is 1. The number of amides is 1. The van der Waals surface area contributed by atoms with E-state index in [0.717, 1.165) is 0 Å². The third-order valence-corrected chi connectivity index (χ3v) is 3.63. The number of ether oxygens (including phenoxy) is 4. The Morgan fingerprint density at radius 3 is 2.38 bits per heavy atom. The average molecular weight is 380 g/mol. The van der Waals surface area contributed by atoms with E-state index in [-0.39, 0.29) is 11.3 Å². The molecule has 0 aliphatic heterocycles. The smallest absolute Gasteiger partial charge is 0.342 e. The Kier molecular flexibility index (Phi) is 6.68. The van der Waals surface area contributed by atoms with Gasteiger partial charge in [0, 0.05) is 5.02 Å². The van der Waals surface area contributed by atoms with Gasteiger partial charge in [-0.3, -0.25) is 4.79 Å². The van der Waals surface area contributed by atoms with Gasteiger partial charge in [-0.2, -0.15) is 0 Å². The van der Waals surface area contributed by atoms with Crippen LogP contribution in [-0.2, 0) is 9.53 Å². The van der Waals surface area contributed by atoms with E-state index in [9.17, 15) is 9.59 Å². The van der Waals surface area contributed by atoms with Crippen molar-refractivity contribution in [2.45, 2.75) is 0 Å². The van der Waals surface area contributed by atoms with Crippen molar-refractivity contribution in [3.8, 4) is 17.2 Å². The summed E-state index contributed by atoms with van der Waals surface area (Å²) in [6, 6.07) is 9.56. The lowest BCUT2D eigenvalue weighted by Gasteiger charge is -2.13. The molecule has 0 heterocycles. The number of nitrogens with one attached hydrogen (secondary N) is 1. The molecule has 0 radical (unpaired) electrons. The van der Waals surface area contributed by atoms with E-state index in [1.807, 2.05) is 0 Å². The number of halogens is 1. The molecule has 26 heavy (non-hydrogen) atoms. The summed E-state index contributed by atoms with van der Waals surface area (Å²) in [6.07, 6.45) is 0. The fourth-order valence-electron chi connectivity index (χ4n) is 2.22. The van der Waals surface area contributed by atoms with E-state index in [0.29, 0.717) is 22.2 Å². The van der Waals surface area contributed by atoms with E-state index in [1.54, 1.807) is 24.3 Å². The van der Waals surface area contributed by atoms with Crippen LogP contribution in [0.2, 0.25) is 5.02 Å². The highest BCUT2D eigenvalue weighted by Crippen LogP contribution is 2.31. The lowest BCUT2D eigenvalue weighted by atomic mass is 10.2. The van der Waals surface area contributed by atoms with Crippen LogP contribution in [0.3, 0.4) is 0 Å². The number of carbonyl (C=O) groups excluding carboxylic acids is 2. The van der Waals surface area contributed by atoms with Crippen molar-refractivity contribution in [1.82, 2.24) is 0 Å². The van der Waals surface area contributed by atoms with E-state index in [4.69, 9.17) is 30.5 Å². The van der Waals surface area contributed by atoms with Crippen molar-refractivity contribution in [2.24, 2.45) is 0 Å². The molecular formula is C18H18ClNO6. The quantitative estimate of drug-likeness (QED) is 0.744. The molecule has 138 valence electrons. The molecule has 1 N–H and O–H groups in total. The van der Waals surface area contributed by atoms with Crippen LogP contribution in [0.15, 0.2) is 36.4 Å². The zero-order chi connectivity index (χ0) is 19.1. The number of hydrogen-bond donors (Lipinski definition) is 1. The average Bonchev–Trinajstić information content (AvgIpc) is 2.65. The highest BCUT2D eigenvalue weighted by atomic mass is 35.5. The minimum absolute atomic E-state index is 0.153. The third kappa shape index (κ3) is 4.58. The monoisotopic (exact) mass is 379 g/mol. The van der Waals surface area contributed by atoms with Crippen LogP contribution in [0.1, 0.15) is 10.4 Å². The van der Waals surface area contributed by atoms with E-state index >= 15 is 0 Å². The first-order valence-electron chi connectivity index (χ1n) is 7.51. The zero-order valence-corrected chi connectivity index (χ0v) is 15.3. The Morgan fingerprint density at radius 1 is 1.00 bits per heavy atom. The van der Waals surface area contributed by atoms with Crippen molar-refractivity contribution < 1.29 is 28.5 Å². The fraction of sp³-hybridized carbons (Fsp3) is 0.222. The molecule has 1 amide bonds. The van der Waals surface area contributed by atoms with Gasteiger partial charge in [-0.05, 0) is 30.3 Å². The highest BCUT2D eigenvalue weighted by molar-refractivity contribution is 6.31. The molecule has 7 nitrogen and oxygen atoms in total. The highest BCUT2D eigenvalue weighted by Gasteiger charge is 2.19. The minimum Gasteiger partial charge on any atom is -0.495 e. The number of carbonyl (C=O) groups is 2. The van der Waals surface area contributed by atoms with Gasteiger partial charge < -0.3 is 24.3 Å².